The predicted molar refractivity (Wildman–Crippen MR) is 100 cm³/mol. The van der Waals surface area contributed by atoms with Crippen LogP contribution in [-0.2, 0) is 0 Å². The second-order valence-corrected chi connectivity index (χ2v) is 6.00. The number of fused-ring (bicyclic) bond motifs is 1. The van der Waals surface area contributed by atoms with Gasteiger partial charge in [0, 0.05) is 11.3 Å². The number of carbonyl (C=O) groups excluding carboxylic acids is 1. The maximum absolute atomic E-state index is 12.4. The van der Waals surface area contributed by atoms with E-state index >= 15 is 0 Å². The molecule has 4 rings (SSSR count). The monoisotopic (exact) mass is 344 g/mol. The van der Waals surface area contributed by atoms with Crippen molar-refractivity contribution < 1.29 is 14.3 Å². The van der Waals surface area contributed by atoms with Gasteiger partial charge in [0.1, 0.15) is 11.3 Å². The Labute approximate surface area is 149 Å². The van der Waals surface area contributed by atoms with Crippen LogP contribution in [0.4, 0.5) is 5.69 Å². The molecule has 0 bridgehead atoms. The molecule has 26 heavy (non-hydrogen) atoms. The molecule has 1 heterocycles. The van der Waals surface area contributed by atoms with E-state index < -0.39 is 0 Å². The van der Waals surface area contributed by atoms with Crippen molar-refractivity contribution in [3.8, 4) is 17.2 Å². The van der Waals surface area contributed by atoms with Gasteiger partial charge in [-0.3, -0.25) is 4.79 Å². The molecule has 1 aromatic heterocycles. The van der Waals surface area contributed by atoms with Crippen LogP contribution in [0.3, 0.4) is 0 Å². The number of hydrogen-bond donors (Lipinski definition) is 2. The number of phenols is 1. The molecule has 5 nitrogen and oxygen atoms in total. The smallest absolute Gasteiger partial charge is 0.255 e. The fourth-order valence-corrected chi connectivity index (χ4v) is 2.79. The van der Waals surface area contributed by atoms with E-state index in [0.717, 1.165) is 0 Å². The highest BCUT2D eigenvalue weighted by atomic mass is 16.3. The molecular formula is C21H16N2O3. The summed E-state index contributed by atoms with van der Waals surface area (Å²) in [6, 6.07) is 19.7. The largest absolute Gasteiger partial charge is 0.507 e. The van der Waals surface area contributed by atoms with Crippen LogP contribution in [0.2, 0.25) is 0 Å². The number of para-hydroxylation sites is 2. The Bertz CT molecular complexity index is 1070. The number of nitrogens with one attached hydrogen (secondary N) is 1. The minimum Gasteiger partial charge on any atom is -0.507 e. The molecule has 5 heteroatoms. The van der Waals surface area contributed by atoms with Crippen molar-refractivity contribution in [2.24, 2.45) is 0 Å². The highest BCUT2D eigenvalue weighted by Gasteiger charge is 2.16. The molecule has 0 atom stereocenters. The highest BCUT2D eigenvalue weighted by Crippen LogP contribution is 2.36. The van der Waals surface area contributed by atoms with Gasteiger partial charge in [0.2, 0.25) is 5.89 Å². The van der Waals surface area contributed by atoms with Crippen molar-refractivity contribution in [3.63, 3.8) is 0 Å². The van der Waals surface area contributed by atoms with E-state index in [1.54, 1.807) is 43.3 Å². The number of carbonyl (C=O) groups is 1. The normalized spacial score (nSPS) is 10.8. The van der Waals surface area contributed by atoms with Crippen molar-refractivity contribution in [3.05, 3.63) is 77.9 Å². The third-order valence-corrected chi connectivity index (χ3v) is 4.12. The summed E-state index contributed by atoms with van der Waals surface area (Å²) in [6.45, 7) is 1.76. The average molecular weight is 344 g/mol. The molecule has 4 aromatic rings. The van der Waals surface area contributed by atoms with E-state index in [1.807, 2.05) is 30.3 Å². The molecule has 0 radical (unpaired) electrons. The summed E-state index contributed by atoms with van der Waals surface area (Å²) < 4.78 is 5.75. The Morgan fingerprint density at radius 3 is 2.54 bits per heavy atom. The Kier molecular flexibility index (Phi) is 3.89. The van der Waals surface area contributed by atoms with Gasteiger partial charge in [0.05, 0.1) is 5.56 Å². The number of amides is 1. The molecule has 0 spiro atoms. The van der Waals surface area contributed by atoms with Crippen molar-refractivity contribution in [2.45, 2.75) is 6.92 Å². The standard InChI is InChI=1S/C21H16N2O3/c1-13-11-15(22-20(25)14-7-3-2-4-8-14)12-16(19(13)24)21-23-17-9-5-6-10-18(17)26-21/h2-12,24H,1H3,(H,22,25). The van der Waals surface area contributed by atoms with Gasteiger partial charge in [0.15, 0.2) is 5.58 Å². The van der Waals surface area contributed by atoms with Gasteiger partial charge in [-0.2, -0.15) is 0 Å². The number of oxazole rings is 1. The lowest BCUT2D eigenvalue weighted by molar-refractivity contribution is 0.102. The van der Waals surface area contributed by atoms with Crippen LogP contribution in [0.1, 0.15) is 15.9 Å². The Morgan fingerprint density at radius 2 is 1.77 bits per heavy atom. The van der Waals surface area contributed by atoms with Crippen LogP contribution in [0.25, 0.3) is 22.6 Å². The van der Waals surface area contributed by atoms with Crippen LogP contribution in [0.5, 0.6) is 5.75 Å². The first kappa shape index (κ1) is 15.9. The van der Waals surface area contributed by atoms with Crippen molar-refractivity contribution >= 4 is 22.7 Å². The predicted octanol–water partition coefficient (Wildman–Crippen LogP) is 4.76. The average Bonchev–Trinajstić information content (AvgIpc) is 3.09. The zero-order chi connectivity index (χ0) is 18.1. The molecule has 0 fully saturated rings. The quantitative estimate of drug-likeness (QED) is 0.525. The van der Waals surface area contributed by atoms with E-state index in [4.69, 9.17) is 4.42 Å². The van der Waals surface area contributed by atoms with Gasteiger partial charge in [-0.05, 0) is 48.9 Å². The summed E-state index contributed by atoms with van der Waals surface area (Å²) in [7, 11) is 0. The fourth-order valence-electron chi connectivity index (χ4n) is 2.79. The number of hydrogen-bond acceptors (Lipinski definition) is 4. The molecule has 0 saturated heterocycles. The van der Waals surface area contributed by atoms with Gasteiger partial charge < -0.3 is 14.8 Å². The minimum absolute atomic E-state index is 0.0780. The Hall–Kier alpha value is -3.60. The molecule has 2 N–H and O–H groups in total. The molecule has 128 valence electrons. The van der Waals surface area contributed by atoms with Gasteiger partial charge >= 0.3 is 0 Å². The Balaban J connectivity index is 1.73. The van der Waals surface area contributed by atoms with Crippen molar-refractivity contribution in [1.29, 1.82) is 0 Å². The Morgan fingerprint density at radius 1 is 1.04 bits per heavy atom. The summed E-state index contributed by atoms with van der Waals surface area (Å²) in [6.07, 6.45) is 0. The second kappa shape index (κ2) is 6.37. The lowest BCUT2D eigenvalue weighted by Gasteiger charge is -2.10. The van der Waals surface area contributed by atoms with Gasteiger partial charge in [-0.25, -0.2) is 4.98 Å². The number of nitrogens with zero attached hydrogens (tertiary/aromatic N) is 1. The van der Waals surface area contributed by atoms with Crippen LogP contribution >= 0.6 is 0 Å². The summed E-state index contributed by atoms with van der Waals surface area (Å²) in [4.78, 5) is 16.8. The number of rotatable bonds is 3. The molecule has 0 saturated carbocycles. The number of aromatic hydroxyl groups is 1. The second-order valence-electron chi connectivity index (χ2n) is 6.00. The summed E-state index contributed by atoms with van der Waals surface area (Å²) in [5.41, 5.74) is 3.52. The van der Waals surface area contributed by atoms with Crippen LogP contribution in [0.15, 0.2) is 71.1 Å². The lowest BCUT2D eigenvalue weighted by Crippen LogP contribution is -2.11. The highest BCUT2D eigenvalue weighted by molar-refractivity contribution is 6.04. The van der Waals surface area contributed by atoms with Crippen LogP contribution < -0.4 is 5.32 Å². The molecular weight excluding hydrogens is 328 g/mol. The van der Waals surface area contributed by atoms with E-state index in [-0.39, 0.29) is 11.7 Å². The van der Waals surface area contributed by atoms with Crippen molar-refractivity contribution in [1.82, 2.24) is 4.98 Å². The number of aryl methyl sites for hydroxylation is 1. The molecule has 0 aliphatic heterocycles. The number of phenolic OH excluding ortho intramolecular Hbond substituents is 1. The van der Waals surface area contributed by atoms with Crippen molar-refractivity contribution in [2.75, 3.05) is 5.32 Å². The van der Waals surface area contributed by atoms with Gasteiger partial charge in [-0.1, -0.05) is 30.3 Å². The van der Waals surface area contributed by atoms with Crippen LogP contribution in [0, 0.1) is 6.92 Å². The third-order valence-electron chi connectivity index (χ3n) is 4.12. The molecule has 1 amide bonds. The summed E-state index contributed by atoms with van der Waals surface area (Å²) in [5.74, 6) is 0.163. The fraction of sp³-hybridized carbons (Fsp3) is 0.0476. The van der Waals surface area contributed by atoms with E-state index in [2.05, 4.69) is 10.3 Å². The van der Waals surface area contributed by atoms with Gasteiger partial charge in [0.25, 0.3) is 5.91 Å². The van der Waals surface area contributed by atoms with Gasteiger partial charge in [-0.15, -0.1) is 0 Å². The number of aromatic nitrogens is 1. The SMILES string of the molecule is Cc1cc(NC(=O)c2ccccc2)cc(-c2nc3ccccc3o2)c1O. The van der Waals surface area contributed by atoms with Crippen LogP contribution in [-0.4, -0.2) is 16.0 Å². The van der Waals surface area contributed by atoms with E-state index in [1.165, 1.54) is 0 Å². The number of benzene rings is 3. The maximum atomic E-state index is 12.4. The molecule has 0 unspecified atom stereocenters. The first-order chi connectivity index (χ1) is 12.6. The molecule has 0 aliphatic carbocycles. The first-order valence-corrected chi connectivity index (χ1v) is 8.18. The zero-order valence-corrected chi connectivity index (χ0v) is 14.1. The molecule has 3 aromatic carbocycles. The first-order valence-electron chi connectivity index (χ1n) is 8.18. The molecule has 0 aliphatic rings. The van der Waals surface area contributed by atoms with E-state index in [0.29, 0.717) is 39.4 Å². The number of anilines is 1. The third kappa shape index (κ3) is 2.91. The van der Waals surface area contributed by atoms with E-state index in [9.17, 15) is 9.90 Å². The zero-order valence-electron chi connectivity index (χ0n) is 14.1. The maximum Gasteiger partial charge on any atom is 0.255 e. The topological polar surface area (TPSA) is 75.4 Å². The minimum atomic E-state index is -0.223. The summed E-state index contributed by atoms with van der Waals surface area (Å²) >= 11 is 0. The summed E-state index contributed by atoms with van der Waals surface area (Å²) in [5, 5.41) is 13.3. The lowest BCUT2D eigenvalue weighted by atomic mass is 10.1.